The normalized spacial score (nSPS) is 11.7. The Morgan fingerprint density at radius 1 is 1.14 bits per heavy atom. The summed E-state index contributed by atoms with van der Waals surface area (Å²) in [5.41, 5.74) is -0.878. The van der Waals surface area contributed by atoms with Crippen molar-refractivity contribution in [3.63, 3.8) is 0 Å². The molecule has 0 spiro atoms. The zero-order chi connectivity index (χ0) is 26.0. The first-order valence-electron chi connectivity index (χ1n) is 10.4. The van der Waals surface area contributed by atoms with Gasteiger partial charge in [0.05, 0.1) is 31.2 Å². The Labute approximate surface area is 207 Å². The van der Waals surface area contributed by atoms with Gasteiger partial charge in [0, 0.05) is 19.3 Å². The van der Waals surface area contributed by atoms with E-state index in [0.29, 0.717) is 5.75 Å². The van der Waals surface area contributed by atoms with Crippen LogP contribution in [0.3, 0.4) is 0 Å². The summed E-state index contributed by atoms with van der Waals surface area (Å²) in [4.78, 5) is 21.6. The molecule has 35 heavy (non-hydrogen) atoms. The zero-order valence-corrected chi connectivity index (χ0v) is 21.8. The molecule has 2 aromatic heterocycles. The fourth-order valence-corrected chi connectivity index (χ4v) is 6.04. The van der Waals surface area contributed by atoms with E-state index in [-0.39, 0.29) is 37.7 Å². The first kappa shape index (κ1) is 26.4. The summed E-state index contributed by atoms with van der Waals surface area (Å²) in [6.45, 7) is 5.16. The van der Waals surface area contributed by atoms with E-state index >= 15 is 0 Å². The molecule has 3 aromatic rings. The zero-order valence-electron chi connectivity index (χ0n) is 20.2. The first-order valence-corrected chi connectivity index (χ1v) is 12.7. The number of nitrogens with zero attached hydrogens (tertiary/aromatic N) is 3. The number of rotatable bonds is 7. The highest BCUT2D eigenvalue weighted by molar-refractivity contribution is 7.93. The second kappa shape index (κ2) is 10.2. The van der Waals surface area contributed by atoms with Gasteiger partial charge in [-0.15, -0.1) is 11.3 Å². The third-order valence-electron chi connectivity index (χ3n) is 4.64. The van der Waals surface area contributed by atoms with E-state index in [1.54, 1.807) is 20.8 Å². The van der Waals surface area contributed by atoms with Crippen molar-refractivity contribution in [3.05, 3.63) is 47.5 Å². The van der Waals surface area contributed by atoms with E-state index in [2.05, 4.69) is 9.97 Å². The summed E-state index contributed by atoms with van der Waals surface area (Å²) in [6.07, 6.45) is 0.649. The fraction of sp³-hybridized carbons (Fsp3) is 0.348. The van der Waals surface area contributed by atoms with Gasteiger partial charge in [0.15, 0.2) is 15.7 Å². The third kappa shape index (κ3) is 5.88. The number of halogens is 1. The van der Waals surface area contributed by atoms with Crippen LogP contribution in [0.1, 0.15) is 25.8 Å². The molecule has 0 aliphatic rings. The van der Waals surface area contributed by atoms with Crippen molar-refractivity contribution in [2.75, 3.05) is 21.3 Å². The van der Waals surface area contributed by atoms with Gasteiger partial charge in [-0.25, -0.2) is 23.2 Å². The van der Waals surface area contributed by atoms with Gasteiger partial charge in [-0.3, -0.25) is 0 Å². The molecule has 188 valence electrons. The smallest absolute Gasteiger partial charge is 0.410 e. The predicted octanol–water partition coefficient (Wildman–Crippen LogP) is 4.56. The summed E-state index contributed by atoms with van der Waals surface area (Å²) in [5.74, 6) is -0.292. The number of amides is 1. The Hall–Kier alpha value is -3.25. The van der Waals surface area contributed by atoms with E-state index in [0.717, 1.165) is 11.3 Å². The quantitative estimate of drug-likeness (QED) is 0.415. The van der Waals surface area contributed by atoms with Crippen molar-refractivity contribution in [3.8, 4) is 22.8 Å². The second-order valence-corrected chi connectivity index (χ2v) is 11.7. The Morgan fingerprint density at radius 2 is 1.83 bits per heavy atom. The average Bonchev–Trinajstić information content (AvgIpc) is 3.22. The van der Waals surface area contributed by atoms with Crippen LogP contribution >= 0.6 is 11.3 Å². The van der Waals surface area contributed by atoms with Crippen LogP contribution in [-0.4, -0.2) is 56.2 Å². The molecule has 0 N–H and O–H groups in total. The lowest BCUT2D eigenvalue weighted by Gasteiger charge is -2.24. The first-order chi connectivity index (χ1) is 16.4. The van der Waals surface area contributed by atoms with Crippen molar-refractivity contribution in [2.24, 2.45) is 0 Å². The molecule has 2 heterocycles. The predicted molar refractivity (Wildman–Crippen MR) is 128 cm³/mol. The number of carbonyl (C=O) groups is 1. The lowest BCUT2D eigenvalue weighted by molar-refractivity contribution is 0.0285. The molecule has 1 amide bonds. The molecule has 9 nitrogen and oxygen atoms in total. The molecular weight excluding hydrogens is 497 g/mol. The second-order valence-electron chi connectivity index (χ2n) is 8.44. The van der Waals surface area contributed by atoms with Crippen LogP contribution in [0.2, 0.25) is 0 Å². The number of thiazole rings is 1. The van der Waals surface area contributed by atoms with Crippen molar-refractivity contribution in [1.29, 1.82) is 0 Å². The maximum atomic E-state index is 14.6. The van der Waals surface area contributed by atoms with E-state index in [4.69, 9.17) is 14.2 Å². The van der Waals surface area contributed by atoms with Crippen LogP contribution in [0, 0.1) is 5.95 Å². The van der Waals surface area contributed by atoms with Gasteiger partial charge < -0.3 is 19.1 Å². The summed E-state index contributed by atoms with van der Waals surface area (Å²) < 4.78 is 57.5. The summed E-state index contributed by atoms with van der Waals surface area (Å²) in [7, 11) is 0.165. The van der Waals surface area contributed by atoms with Gasteiger partial charge in [-0.1, -0.05) is 0 Å². The van der Waals surface area contributed by atoms with E-state index in [1.165, 1.54) is 62.7 Å². The van der Waals surface area contributed by atoms with Crippen LogP contribution in [-0.2, 0) is 21.1 Å². The lowest BCUT2D eigenvalue weighted by Crippen LogP contribution is -2.33. The summed E-state index contributed by atoms with van der Waals surface area (Å²) >= 11 is 0.837. The number of hydrogen-bond donors (Lipinski definition) is 0. The average molecular weight is 524 g/mol. The van der Waals surface area contributed by atoms with Crippen molar-refractivity contribution in [2.45, 2.75) is 42.0 Å². The Bertz CT molecular complexity index is 1340. The molecule has 0 fully saturated rings. The van der Waals surface area contributed by atoms with Crippen LogP contribution in [0.25, 0.3) is 11.3 Å². The van der Waals surface area contributed by atoms with E-state index in [1.807, 2.05) is 0 Å². The van der Waals surface area contributed by atoms with Crippen molar-refractivity contribution in [1.82, 2.24) is 14.9 Å². The number of hydrogen-bond acceptors (Lipinski definition) is 9. The molecule has 0 aliphatic heterocycles. The molecule has 1 aromatic carbocycles. The molecule has 0 radical (unpaired) electrons. The number of benzene rings is 1. The Balaban J connectivity index is 2.10. The van der Waals surface area contributed by atoms with Crippen LogP contribution in [0.5, 0.6) is 11.5 Å². The molecule has 0 atom stereocenters. The third-order valence-corrected chi connectivity index (χ3v) is 7.94. The van der Waals surface area contributed by atoms with Gasteiger partial charge in [0.1, 0.15) is 16.3 Å². The molecule has 12 heteroatoms. The molecule has 0 bridgehead atoms. The van der Waals surface area contributed by atoms with Crippen molar-refractivity contribution >= 4 is 27.3 Å². The standard InChI is InChI=1S/C23H26FN3O6S2/c1-23(2,3)33-22(28)27(4)13-18-26-19(15-8-7-11-25-20(15)24)21(34-18)35(29,30)14-9-10-16(31-5)17(12-14)32-6/h7-12H,13H2,1-6H3. The number of pyridine rings is 1. The van der Waals surface area contributed by atoms with Crippen LogP contribution in [0.15, 0.2) is 45.6 Å². The fourth-order valence-electron chi connectivity index (χ4n) is 3.03. The molecule has 0 saturated heterocycles. The summed E-state index contributed by atoms with van der Waals surface area (Å²) in [5, 5.41) is 0.274. The number of sulfone groups is 1. The lowest BCUT2D eigenvalue weighted by atomic mass is 10.2. The number of methoxy groups -OCH3 is 2. The van der Waals surface area contributed by atoms with Crippen molar-refractivity contribution < 1.29 is 31.8 Å². The Kier molecular flexibility index (Phi) is 7.65. The molecule has 3 rings (SSSR count). The minimum absolute atomic E-state index is 0.0457. The summed E-state index contributed by atoms with van der Waals surface area (Å²) in [6, 6.07) is 7.04. The monoisotopic (exact) mass is 523 g/mol. The number of carbonyl (C=O) groups excluding carboxylic acids is 1. The maximum Gasteiger partial charge on any atom is 0.410 e. The van der Waals surface area contributed by atoms with Gasteiger partial charge in [0.2, 0.25) is 15.8 Å². The topological polar surface area (TPSA) is 108 Å². The van der Waals surface area contributed by atoms with Gasteiger partial charge in [-0.2, -0.15) is 4.39 Å². The highest BCUT2D eigenvalue weighted by atomic mass is 32.2. The molecule has 0 unspecified atom stereocenters. The largest absolute Gasteiger partial charge is 0.493 e. The molecule has 0 aliphatic carbocycles. The van der Waals surface area contributed by atoms with Crippen LogP contribution < -0.4 is 9.47 Å². The van der Waals surface area contributed by atoms with Crippen LogP contribution in [0.4, 0.5) is 9.18 Å². The SMILES string of the molecule is COc1ccc(S(=O)(=O)c2sc(CN(C)C(=O)OC(C)(C)C)nc2-c2cccnc2F)cc1OC. The minimum Gasteiger partial charge on any atom is -0.493 e. The van der Waals surface area contributed by atoms with Gasteiger partial charge in [0.25, 0.3) is 0 Å². The van der Waals surface area contributed by atoms with E-state index < -0.39 is 27.5 Å². The number of aromatic nitrogens is 2. The minimum atomic E-state index is -4.16. The molecule has 0 saturated carbocycles. The van der Waals surface area contributed by atoms with E-state index in [9.17, 15) is 17.6 Å². The molecular formula is C23H26FN3O6S2. The maximum absolute atomic E-state index is 14.6. The number of ether oxygens (including phenoxy) is 3. The highest BCUT2D eigenvalue weighted by Crippen LogP contribution is 2.39. The highest BCUT2D eigenvalue weighted by Gasteiger charge is 2.30. The Morgan fingerprint density at radius 3 is 2.43 bits per heavy atom. The van der Waals surface area contributed by atoms with Gasteiger partial charge >= 0.3 is 6.09 Å². The van der Waals surface area contributed by atoms with Gasteiger partial charge in [-0.05, 0) is 45.0 Å².